The summed E-state index contributed by atoms with van der Waals surface area (Å²) in [6.45, 7) is 1.44. The Hall–Kier alpha value is -2.67. The molecular weight excluding hydrogens is 388 g/mol. The van der Waals surface area contributed by atoms with E-state index in [1.165, 1.54) is 0 Å². The highest BCUT2D eigenvalue weighted by atomic mass is 32.2. The lowest BCUT2D eigenvalue weighted by Gasteiger charge is -2.32. The Kier molecular flexibility index (Phi) is 5.41. The van der Waals surface area contributed by atoms with E-state index in [1.54, 1.807) is 29.2 Å². The zero-order valence-corrected chi connectivity index (χ0v) is 17.0. The van der Waals surface area contributed by atoms with Crippen LogP contribution in [0.25, 0.3) is 0 Å². The fraction of sp³-hybridized carbons (Fsp3) is 0.364. The summed E-state index contributed by atoms with van der Waals surface area (Å²) in [6.07, 6.45) is 2.08. The van der Waals surface area contributed by atoms with Gasteiger partial charge in [-0.1, -0.05) is 30.3 Å². The largest absolute Gasteiger partial charge is 0.352 e. The molecule has 0 aromatic heterocycles. The number of sulfone groups is 1. The third-order valence-electron chi connectivity index (χ3n) is 5.67. The van der Waals surface area contributed by atoms with Crippen LogP contribution in [-0.4, -0.2) is 44.0 Å². The number of nitrogens with zero attached hydrogens (tertiary/aromatic N) is 1. The highest BCUT2D eigenvalue weighted by molar-refractivity contribution is 7.91. The lowest BCUT2D eigenvalue weighted by Crippen LogP contribution is -2.45. The summed E-state index contributed by atoms with van der Waals surface area (Å²) in [4.78, 5) is 27.5. The lowest BCUT2D eigenvalue weighted by atomic mass is 9.96. The van der Waals surface area contributed by atoms with Gasteiger partial charge in [0.05, 0.1) is 16.6 Å². The van der Waals surface area contributed by atoms with Crippen LogP contribution < -0.4 is 5.32 Å². The summed E-state index contributed by atoms with van der Waals surface area (Å²) in [5, 5.41) is 2.95. The van der Waals surface area contributed by atoms with E-state index >= 15 is 0 Å². The SMILES string of the molecule is O=C(NCc1ccc2c(c1)CCS2(=O)=O)C1CCCN(C(=O)c2ccccc2)C1. The van der Waals surface area contributed by atoms with Gasteiger partial charge in [0, 0.05) is 25.2 Å². The number of amides is 2. The van der Waals surface area contributed by atoms with Crippen molar-refractivity contribution in [1.29, 1.82) is 0 Å². The summed E-state index contributed by atoms with van der Waals surface area (Å²) in [5.74, 6) is -0.177. The van der Waals surface area contributed by atoms with Crippen LogP contribution in [0.5, 0.6) is 0 Å². The van der Waals surface area contributed by atoms with Gasteiger partial charge >= 0.3 is 0 Å². The molecule has 1 saturated heterocycles. The summed E-state index contributed by atoms with van der Waals surface area (Å²) >= 11 is 0. The smallest absolute Gasteiger partial charge is 0.253 e. The van der Waals surface area contributed by atoms with Gasteiger partial charge in [-0.15, -0.1) is 0 Å². The van der Waals surface area contributed by atoms with Gasteiger partial charge in [0.25, 0.3) is 5.91 Å². The molecule has 0 radical (unpaired) electrons. The molecule has 1 unspecified atom stereocenters. The second kappa shape index (κ2) is 7.99. The Labute approximate surface area is 170 Å². The number of nitrogens with one attached hydrogen (secondary N) is 1. The summed E-state index contributed by atoms with van der Waals surface area (Å²) in [5.41, 5.74) is 2.36. The minimum Gasteiger partial charge on any atom is -0.352 e. The molecule has 0 spiro atoms. The molecule has 29 heavy (non-hydrogen) atoms. The van der Waals surface area contributed by atoms with E-state index < -0.39 is 9.84 Å². The van der Waals surface area contributed by atoms with Crippen LogP contribution in [0.15, 0.2) is 53.4 Å². The molecule has 2 aromatic rings. The maximum atomic E-state index is 12.7. The lowest BCUT2D eigenvalue weighted by molar-refractivity contribution is -0.126. The van der Waals surface area contributed by atoms with Crippen LogP contribution in [0.1, 0.15) is 34.3 Å². The number of likely N-dealkylation sites (tertiary alicyclic amines) is 1. The Balaban J connectivity index is 1.36. The minimum atomic E-state index is -3.13. The highest BCUT2D eigenvalue weighted by Crippen LogP contribution is 2.26. The van der Waals surface area contributed by atoms with E-state index in [0.29, 0.717) is 36.5 Å². The first-order chi connectivity index (χ1) is 13.9. The molecule has 2 aliphatic rings. The van der Waals surface area contributed by atoms with Gasteiger partial charge in [0.15, 0.2) is 9.84 Å². The molecule has 7 heteroatoms. The molecule has 6 nitrogen and oxygen atoms in total. The van der Waals surface area contributed by atoms with Gasteiger partial charge in [-0.25, -0.2) is 8.42 Å². The predicted molar refractivity (Wildman–Crippen MR) is 109 cm³/mol. The van der Waals surface area contributed by atoms with Crippen LogP contribution in [0.2, 0.25) is 0 Å². The number of carbonyl (C=O) groups excluding carboxylic acids is 2. The van der Waals surface area contributed by atoms with Crippen molar-refractivity contribution < 1.29 is 18.0 Å². The standard InChI is InChI=1S/C22H24N2O4S/c25-21(23-14-16-8-9-20-18(13-16)10-12-29(20,27)28)19-7-4-11-24(15-19)22(26)17-5-2-1-3-6-17/h1-3,5-6,8-9,13,19H,4,7,10-12,14-15H2,(H,23,25). The molecule has 2 aliphatic heterocycles. The number of aryl methyl sites for hydroxylation is 1. The van der Waals surface area contributed by atoms with Gasteiger partial charge in [0.2, 0.25) is 5.91 Å². The van der Waals surface area contributed by atoms with Crippen molar-refractivity contribution in [2.75, 3.05) is 18.8 Å². The van der Waals surface area contributed by atoms with E-state index in [0.717, 1.165) is 24.0 Å². The summed E-state index contributed by atoms with van der Waals surface area (Å²) in [7, 11) is -3.13. The fourth-order valence-corrected chi connectivity index (χ4v) is 5.61. The average Bonchev–Trinajstić information content (AvgIpc) is 3.06. The molecule has 0 aliphatic carbocycles. The van der Waals surface area contributed by atoms with Crippen LogP contribution >= 0.6 is 0 Å². The van der Waals surface area contributed by atoms with Gasteiger partial charge < -0.3 is 10.2 Å². The normalized spacial score (nSPS) is 20.1. The summed E-state index contributed by atoms with van der Waals surface area (Å²) in [6, 6.07) is 14.4. The number of hydrogen-bond acceptors (Lipinski definition) is 4. The first-order valence-electron chi connectivity index (χ1n) is 9.90. The molecule has 0 saturated carbocycles. The van der Waals surface area contributed by atoms with E-state index in [1.807, 2.05) is 24.3 Å². The van der Waals surface area contributed by atoms with Crippen molar-refractivity contribution in [2.24, 2.45) is 5.92 Å². The van der Waals surface area contributed by atoms with E-state index in [9.17, 15) is 18.0 Å². The van der Waals surface area contributed by atoms with Crippen molar-refractivity contribution in [3.63, 3.8) is 0 Å². The van der Waals surface area contributed by atoms with E-state index in [-0.39, 0.29) is 23.5 Å². The summed E-state index contributed by atoms with van der Waals surface area (Å²) < 4.78 is 23.8. The van der Waals surface area contributed by atoms with Gasteiger partial charge in [-0.05, 0) is 48.6 Å². The zero-order chi connectivity index (χ0) is 20.4. The number of piperidine rings is 1. The average molecular weight is 413 g/mol. The molecule has 0 bridgehead atoms. The molecule has 1 N–H and O–H groups in total. The second-order valence-electron chi connectivity index (χ2n) is 7.69. The number of carbonyl (C=O) groups is 2. The quantitative estimate of drug-likeness (QED) is 0.834. The van der Waals surface area contributed by atoms with Crippen LogP contribution in [-0.2, 0) is 27.6 Å². The second-order valence-corrected chi connectivity index (χ2v) is 9.76. The third kappa shape index (κ3) is 4.19. The highest BCUT2D eigenvalue weighted by Gasteiger charge is 2.29. The molecule has 152 valence electrons. The van der Waals surface area contributed by atoms with Gasteiger partial charge in [0.1, 0.15) is 0 Å². The molecule has 1 fully saturated rings. The van der Waals surface area contributed by atoms with Crippen LogP contribution in [0.3, 0.4) is 0 Å². The van der Waals surface area contributed by atoms with Crippen LogP contribution in [0.4, 0.5) is 0 Å². The van der Waals surface area contributed by atoms with Crippen molar-refractivity contribution in [3.8, 4) is 0 Å². The Morgan fingerprint density at radius 3 is 2.69 bits per heavy atom. The Morgan fingerprint density at radius 2 is 1.90 bits per heavy atom. The van der Waals surface area contributed by atoms with Crippen LogP contribution in [0, 0.1) is 5.92 Å². The number of rotatable bonds is 4. The molecular formula is C22H24N2O4S. The Morgan fingerprint density at radius 1 is 1.10 bits per heavy atom. The van der Waals surface area contributed by atoms with Gasteiger partial charge in [-0.2, -0.15) is 0 Å². The van der Waals surface area contributed by atoms with Crippen molar-refractivity contribution in [1.82, 2.24) is 10.2 Å². The van der Waals surface area contributed by atoms with E-state index in [4.69, 9.17) is 0 Å². The third-order valence-corrected chi connectivity index (χ3v) is 7.48. The zero-order valence-electron chi connectivity index (χ0n) is 16.1. The molecule has 2 heterocycles. The fourth-order valence-electron chi connectivity index (χ4n) is 4.07. The van der Waals surface area contributed by atoms with Gasteiger partial charge in [-0.3, -0.25) is 9.59 Å². The first-order valence-corrected chi connectivity index (χ1v) is 11.6. The number of fused-ring (bicyclic) bond motifs is 1. The van der Waals surface area contributed by atoms with Crippen molar-refractivity contribution >= 4 is 21.7 Å². The van der Waals surface area contributed by atoms with E-state index in [2.05, 4.69) is 5.32 Å². The Bertz CT molecular complexity index is 1030. The minimum absolute atomic E-state index is 0.0390. The number of hydrogen-bond donors (Lipinski definition) is 1. The monoisotopic (exact) mass is 412 g/mol. The van der Waals surface area contributed by atoms with Crippen molar-refractivity contribution in [2.45, 2.75) is 30.7 Å². The molecule has 4 rings (SSSR count). The number of benzene rings is 2. The van der Waals surface area contributed by atoms with Crippen molar-refractivity contribution in [3.05, 3.63) is 65.2 Å². The maximum absolute atomic E-state index is 12.7. The molecule has 2 amide bonds. The maximum Gasteiger partial charge on any atom is 0.253 e. The first kappa shape index (κ1) is 19.6. The topological polar surface area (TPSA) is 83.6 Å². The predicted octanol–water partition coefficient (Wildman–Crippen LogP) is 2.19. The molecule has 1 atom stereocenters. The molecule has 2 aromatic carbocycles.